The number of ether oxygens (including phenoxy) is 2. The standard InChI is InChI=1S/C19H32O4/c1-4-7-16-8-10-17(11-9-16)14-18(20)22-12-5-6-13-23-19(21)15(2)3/h16-17H,2,4-14H2,1,3H3. The lowest BCUT2D eigenvalue weighted by Crippen LogP contribution is -2.19. The third-order valence-corrected chi connectivity index (χ3v) is 4.50. The van der Waals surface area contributed by atoms with E-state index in [0.29, 0.717) is 37.5 Å². The van der Waals surface area contributed by atoms with Gasteiger partial charge in [-0.15, -0.1) is 0 Å². The molecule has 132 valence electrons. The van der Waals surface area contributed by atoms with Crippen molar-refractivity contribution in [2.75, 3.05) is 13.2 Å². The van der Waals surface area contributed by atoms with Gasteiger partial charge in [-0.1, -0.05) is 39.2 Å². The zero-order valence-corrected chi connectivity index (χ0v) is 14.8. The van der Waals surface area contributed by atoms with Gasteiger partial charge in [0.15, 0.2) is 0 Å². The molecule has 0 radical (unpaired) electrons. The Labute approximate surface area is 140 Å². The zero-order valence-electron chi connectivity index (χ0n) is 14.8. The Morgan fingerprint density at radius 1 is 1.00 bits per heavy atom. The first-order valence-corrected chi connectivity index (χ1v) is 9.01. The molecule has 4 nitrogen and oxygen atoms in total. The molecule has 0 bridgehead atoms. The Bertz CT molecular complexity index is 381. The lowest BCUT2D eigenvalue weighted by Gasteiger charge is -2.27. The van der Waals surface area contributed by atoms with E-state index >= 15 is 0 Å². The van der Waals surface area contributed by atoms with Crippen molar-refractivity contribution in [1.29, 1.82) is 0 Å². The van der Waals surface area contributed by atoms with Crippen LogP contribution in [0.25, 0.3) is 0 Å². The predicted molar refractivity (Wildman–Crippen MR) is 90.9 cm³/mol. The Hall–Kier alpha value is -1.32. The molecular formula is C19H32O4. The highest BCUT2D eigenvalue weighted by Gasteiger charge is 2.22. The molecule has 0 aromatic heterocycles. The van der Waals surface area contributed by atoms with Crippen molar-refractivity contribution >= 4 is 11.9 Å². The van der Waals surface area contributed by atoms with Gasteiger partial charge in [0.2, 0.25) is 0 Å². The summed E-state index contributed by atoms with van der Waals surface area (Å²) in [6, 6.07) is 0. The number of carbonyl (C=O) groups is 2. The van der Waals surface area contributed by atoms with Crippen LogP contribution in [0.1, 0.15) is 71.6 Å². The van der Waals surface area contributed by atoms with Crippen molar-refractivity contribution in [2.45, 2.75) is 71.6 Å². The lowest BCUT2D eigenvalue weighted by molar-refractivity contribution is -0.146. The monoisotopic (exact) mass is 324 g/mol. The quantitative estimate of drug-likeness (QED) is 0.339. The van der Waals surface area contributed by atoms with Crippen molar-refractivity contribution in [3.63, 3.8) is 0 Å². The summed E-state index contributed by atoms with van der Waals surface area (Å²) in [6.45, 7) is 8.15. The molecule has 0 heterocycles. The minimum Gasteiger partial charge on any atom is -0.466 e. The van der Waals surface area contributed by atoms with Crippen LogP contribution in [0.4, 0.5) is 0 Å². The highest BCUT2D eigenvalue weighted by atomic mass is 16.5. The smallest absolute Gasteiger partial charge is 0.333 e. The van der Waals surface area contributed by atoms with E-state index in [1.165, 1.54) is 25.7 Å². The van der Waals surface area contributed by atoms with E-state index in [1.807, 2.05) is 0 Å². The van der Waals surface area contributed by atoms with E-state index in [0.717, 1.165) is 25.2 Å². The van der Waals surface area contributed by atoms with Crippen LogP contribution in [-0.2, 0) is 19.1 Å². The fourth-order valence-corrected chi connectivity index (χ4v) is 3.11. The molecule has 0 aromatic rings. The fourth-order valence-electron chi connectivity index (χ4n) is 3.11. The van der Waals surface area contributed by atoms with Crippen molar-refractivity contribution < 1.29 is 19.1 Å². The summed E-state index contributed by atoms with van der Waals surface area (Å²) < 4.78 is 10.3. The van der Waals surface area contributed by atoms with Gasteiger partial charge in [-0.05, 0) is 44.4 Å². The molecular weight excluding hydrogens is 292 g/mol. The molecule has 0 unspecified atom stereocenters. The molecule has 0 aliphatic heterocycles. The molecule has 0 N–H and O–H groups in total. The van der Waals surface area contributed by atoms with Gasteiger partial charge in [0.1, 0.15) is 0 Å². The van der Waals surface area contributed by atoms with Crippen LogP contribution >= 0.6 is 0 Å². The number of hydrogen-bond donors (Lipinski definition) is 0. The van der Waals surface area contributed by atoms with E-state index in [2.05, 4.69) is 13.5 Å². The van der Waals surface area contributed by atoms with Crippen LogP contribution in [0.5, 0.6) is 0 Å². The Kier molecular flexibility index (Phi) is 9.65. The van der Waals surface area contributed by atoms with Crippen LogP contribution in [0.15, 0.2) is 12.2 Å². The molecule has 1 aliphatic carbocycles. The summed E-state index contributed by atoms with van der Waals surface area (Å²) in [7, 11) is 0. The molecule has 1 saturated carbocycles. The first kappa shape index (κ1) is 19.7. The van der Waals surface area contributed by atoms with Crippen LogP contribution in [-0.4, -0.2) is 25.2 Å². The van der Waals surface area contributed by atoms with Gasteiger partial charge in [0, 0.05) is 12.0 Å². The maximum Gasteiger partial charge on any atom is 0.333 e. The molecule has 23 heavy (non-hydrogen) atoms. The minimum atomic E-state index is -0.360. The van der Waals surface area contributed by atoms with E-state index in [9.17, 15) is 9.59 Å². The maximum atomic E-state index is 11.8. The van der Waals surface area contributed by atoms with Crippen LogP contribution in [0.2, 0.25) is 0 Å². The van der Waals surface area contributed by atoms with Gasteiger partial charge in [-0.3, -0.25) is 4.79 Å². The summed E-state index contributed by atoms with van der Waals surface area (Å²) in [6.07, 6.45) is 9.43. The van der Waals surface area contributed by atoms with E-state index in [4.69, 9.17) is 9.47 Å². The van der Waals surface area contributed by atoms with E-state index in [-0.39, 0.29) is 11.9 Å². The second-order valence-electron chi connectivity index (χ2n) is 6.72. The lowest BCUT2D eigenvalue weighted by atomic mass is 9.79. The SMILES string of the molecule is C=C(C)C(=O)OCCCCOC(=O)CC1CCC(CCC)CC1. The minimum absolute atomic E-state index is 0.0807. The maximum absolute atomic E-state index is 11.8. The Balaban J connectivity index is 2.00. The van der Waals surface area contributed by atoms with Crippen molar-refractivity contribution in [2.24, 2.45) is 11.8 Å². The summed E-state index contributed by atoms with van der Waals surface area (Å²) in [4.78, 5) is 23.0. The van der Waals surface area contributed by atoms with E-state index in [1.54, 1.807) is 6.92 Å². The first-order valence-electron chi connectivity index (χ1n) is 9.01. The van der Waals surface area contributed by atoms with Crippen molar-refractivity contribution in [3.05, 3.63) is 12.2 Å². The second-order valence-corrected chi connectivity index (χ2v) is 6.72. The van der Waals surface area contributed by atoms with Gasteiger partial charge < -0.3 is 9.47 Å². The molecule has 0 spiro atoms. The molecule has 0 saturated heterocycles. The largest absolute Gasteiger partial charge is 0.466 e. The third-order valence-electron chi connectivity index (χ3n) is 4.50. The first-order chi connectivity index (χ1) is 11.0. The average molecular weight is 324 g/mol. The summed E-state index contributed by atoms with van der Waals surface area (Å²) in [5, 5.41) is 0. The summed E-state index contributed by atoms with van der Waals surface area (Å²) >= 11 is 0. The topological polar surface area (TPSA) is 52.6 Å². The van der Waals surface area contributed by atoms with Crippen LogP contribution in [0, 0.1) is 11.8 Å². The van der Waals surface area contributed by atoms with E-state index < -0.39 is 0 Å². The number of unbranched alkanes of at least 4 members (excludes halogenated alkanes) is 1. The number of carbonyl (C=O) groups excluding carboxylic acids is 2. The number of hydrogen-bond acceptors (Lipinski definition) is 4. The van der Waals surface area contributed by atoms with Gasteiger partial charge in [-0.2, -0.15) is 0 Å². The van der Waals surface area contributed by atoms with Crippen LogP contribution < -0.4 is 0 Å². The average Bonchev–Trinajstić information content (AvgIpc) is 2.52. The fraction of sp³-hybridized carbons (Fsp3) is 0.789. The van der Waals surface area contributed by atoms with Crippen molar-refractivity contribution in [1.82, 2.24) is 0 Å². The zero-order chi connectivity index (χ0) is 17.1. The molecule has 1 rings (SSSR count). The molecule has 1 aliphatic rings. The van der Waals surface area contributed by atoms with Crippen molar-refractivity contribution in [3.8, 4) is 0 Å². The van der Waals surface area contributed by atoms with Gasteiger partial charge in [0.25, 0.3) is 0 Å². The molecule has 0 atom stereocenters. The Morgan fingerprint density at radius 2 is 1.57 bits per heavy atom. The molecule has 0 amide bonds. The second kappa shape index (κ2) is 11.3. The summed E-state index contributed by atoms with van der Waals surface area (Å²) in [5.74, 6) is 0.935. The van der Waals surface area contributed by atoms with Gasteiger partial charge in [-0.25, -0.2) is 4.79 Å². The van der Waals surface area contributed by atoms with Crippen LogP contribution in [0.3, 0.4) is 0 Å². The molecule has 1 fully saturated rings. The third kappa shape index (κ3) is 8.77. The molecule has 0 aromatic carbocycles. The molecule has 4 heteroatoms. The predicted octanol–water partition coefficient (Wildman–Crippen LogP) is 4.43. The summed E-state index contributed by atoms with van der Waals surface area (Å²) in [5.41, 5.74) is 0.407. The van der Waals surface area contributed by atoms with Gasteiger partial charge >= 0.3 is 11.9 Å². The Morgan fingerprint density at radius 3 is 2.13 bits per heavy atom. The number of esters is 2. The highest BCUT2D eigenvalue weighted by Crippen LogP contribution is 2.33. The highest BCUT2D eigenvalue weighted by molar-refractivity contribution is 5.86. The number of rotatable bonds is 10. The normalized spacial score (nSPS) is 20.8. The van der Waals surface area contributed by atoms with Gasteiger partial charge in [0.05, 0.1) is 13.2 Å².